The number of carbonyl (C=O) groups is 2. The molecule has 1 aliphatic heterocycles. The van der Waals surface area contributed by atoms with Gasteiger partial charge in [-0.2, -0.15) is 0 Å². The average Bonchev–Trinajstić information content (AvgIpc) is 2.87. The Labute approximate surface area is 163 Å². The first-order valence-electron chi connectivity index (χ1n) is 8.71. The molecule has 5 nitrogen and oxygen atoms in total. The molecule has 1 aromatic rings. The fraction of sp³-hybridized carbons (Fsp3) is 0.421. The molecule has 0 unspecified atom stereocenters. The van der Waals surface area contributed by atoms with Gasteiger partial charge < -0.3 is 9.84 Å². The van der Waals surface area contributed by atoms with Gasteiger partial charge in [0, 0.05) is 6.54 Å². The van der Waals surface area contributed by atoms with Gasteiger partial charge in [-0.15, -0.1) is 0 Å². The molecule has 1 saturated heterocycles. The van der Waals surface area contributed by atoms with Crippen molar-refractivity contribution in [3.63, 3.8) is 0 Å². The molecule has 0 aliphatic carbocycles. The number of ether oxygens (including phenoxy) is 1. The third-order valence-electron chi connectivity index (χ3n) is 3.87. The number of benzene rings is 1. The number of thioether (sulfide) groups is 1. The highest BCUT2D eigenvalue weighted by atomic mass is 32.2. The number of hydrogen-bond donors (Lipinski definition) is 1. The van der Waals surface area contributed by atoms with E-state index in [1.807, 2.05) is 24.3 Å². The normalized spacial score (nSPS) is 15.7. The predicted octanol–water partition coefficient (Wildman–Crippen LogP) is 4.32. The summed E-state index contributed by atoms with van der Waals surface area (Å²) in [6.07, 6.45) is 6.31. The van der Waals surface area contributed by atoms with Crippen molar-refractivity contribution in [3.8, 4) is 5.75 Å². The van der Waals surface area contributed by atoms with Crippen molar-refractivity contribution in [1.82, 2.24) is 4.90 Å². The quantitative estimate of drug-likeness (QED) is 0.363. The van der Waals surface area contributed by atoms with Crippen molar-refractivity contribution in [2.45, 2.75) is 39.0 Å². The van der Waals surface area contributed by atoms with Crippen LogP contribution in [0.25, 0.3) is 6.08 Å². The summed E-state index contributed by atoms with van der Waals surface area (Å²) in [5, 5.41) is 8.76. The lowest BCUT2D eigenvalue weighted by molar-refractivity contribution is -0.137. The molecule has 7 heteroatoms. The summed E-state index contributed by atoms with van der Waals surface area (Å²) in [4.78, 5) is 24.9. The van der Waals surface area contributed by atoms with Gasteiger partial charge in [-0.3, -0.25) is 14.5 Å². The number of carboxylic acid groups (broad SMARTS) is 1. The Morgan fingerprint density at radius 1 is 1.27 bits per heavy atom. The van der Waals surface area contributed by atoms with Gasteiger partial charge in [-0.25, -0.2) is 0 Å². The number of carboxylic acids is 1. The maximum absolute atomic E-state index is 12.4. The molecule has 1 fully saturated rings. The Morgan fingerprint density at radius 2 is 2.00 bits per heavy atom. The zero-order chi connectivity index (χ0) is 18.9. The smallest absolute Gasteiger partial charge is 0.305 e. The van der Waals surface area contributed by atoms with Crippen LogP contribution in [0.15, 0.2) is 29.2 Å². The molecule has 1 amide bonds. The van der Waals surface area contributed by atoms with Gasteiger partial charge in [0.15, 0.2) is 0 Å². The number of hydrogen-bond acceptors (Lipinski definition) is 5. The minimum atomic E-state index is -0.951. The molecule has 0 bridgehead atoms. The van der Waals surface area contributed by atoms with Crippen molar-refractivity contribution in [1.29, 1.82) is 0 Å². The van der Waals surface area contributed by atoms with Crippen LogP contribution in [0.5, 0.6) is 5.75 Å². The summed E-state index contributed by atoms with van der Waals surface area (Å²) >= 11 is 6.37. The Balaban J connectivity index is 1.91. The molecule has 2 rings (SSSR count). The molecular weight excluding hydrogens is 370 g/mol. The summed E-state index contributed by atoms with van der Waals surface area (Å²) in [6, 6.07) is 7.56. The van der Waals surface area contributed by atoms with Crippen molar-refractivity contribution in [2.24, 2.45) is 0 Å². The van der Waals surface area contributed by atoms with E-state index in [4.69, 9.17) is 22.1 Å². The van der Waals surface area contributed by atoms with E-state index in [9.17, 15) is 9.59 Å². The SMILES string of the molecule is CCCCCCOc1ccc(C=C2SC(=S)N(CCC(=O)O)C2=O)cc1. The third-order valence-corrected chi connectivity index (χ3v) is 5.25. The largest absolute Gasteiger partial charge is 0.494 e. The number of rotatable bonds is 10. The number of nitrogens with zero attached hydrogens (tertiary/aromatic N) is 1. The Hall–Kier alpha value is -1.86. The molecule has 0 radical (unpaired) electrons. The predicted molar refractivity (Wildman–Crippen MR) is 108 cm³/mol. The minimum Gasteiger partial charge on any atom is -0.494 e. The van der Waals surface area contributed by atoms with E-state index in [0.717, 1.165) is 17.7 Å². The Morgan fingerprint density at radius 3 is 2.65 bits per heavy atom. The number of carbonyl (C=O) groups excluding carboxylic acids is 1. The van der Waals surface area contributed by atoms with Gasteiger partial charge in [0.1, 0.15) is 10.1 Å². The van der Waals surface area contributed by atoms with Crippen LogP contribution in [-0.2, 0) is 9.59 Å². The highest BCUT2D eigenvalue weighted by Crippen LogP contribution is 2.32. The zero-order valence-electron chi connectivity index (χ0n) is 14.8. The molecule has 1 aromatic carbocycles. The van der Waals surface area contributed by atoms with E-state index in [-0.39, 0.29) is 18.9 Å². The van der Waals surface area contributed by atoms with Gasteiger partial charge in [-0.1, -0.05) is 62.3 Å². The maximum atomic E-state index is 12.4. The van der Waals surface area contributed by atoms with Gasteiger partial charge in [0.25, 0.3) is 5.91 Å². The monoisotopic (exact) mass is 393 g/mol. The van der Waals surface area contributed by atoms with Crippen LogP contribution >= 0.6 is 24.0 Å². The molecule has 0 atom stereocenters. The van der Waals surface area contributed by atoms with Crippen LogP contribution in [0.3, 0.4) is 0 Å². The zero-order valence-corrected chi connectivity index (χ0v) is 16.4. The topological polar surface area (TPSA) is 66.8 Å². The van der Waals surface area contributed by atoms with Crippen molar-refractivity contribution in [3.05, 3.63) is 34.7 Å². The van der Waals surface area contributed by atoms with Crippen LogP contribution < -0.4 is 4.74 Å². The first kappa shape index (κ1) is 20.5. The van der Waals surface area contributed by atoms with Crippen molar-refractivity contribution in [2.75, 3.05) is 13.2 Å². The molecule has 1 heterocycles. The number of unbranched alkanes of at least 4 members (excludes halogenated alkanes) is 3. The molecule has 1 N–H and O–H groups in total. The molecule has 26 heavy (non-hydrogen) atoms. The van der Waals surface area contributed by atoms with E-state index in [2.05, 4.69) is 6.92 Å². The summed E-state index contributed by atoms with van der Waals surface area (Å²) < 4.78 is 6.11. The summed E-state index contributed by atoms with van der Waals surface area (Å²) in [7, 11) is 0. The third kappa shape index (κ3) is 6.14. The number of amides is 1. The second-order valence-corrected chi connectivity index (χ2v) is 7.63. The van der Waals surface area contributed by atoms with E-state index >= 15 is 0 Å². The van der Waals surface area contributed by atoms with Crippen LogP contribution in [0.4, 0.5) is 0 Å². The van der Waals surface area contributed by atoms with E-state index in [1.54, 1.807) is 6.08 Å². The summed E-state index contributed by atoms with van der Waals surface area (Å²) in [5.74, 6) is -0.376. The highest BCUT2D eigenvalue weighted by Gasteiger charge is 2.31. The molecule has 0 spiro atoms. The van der Waals surface area contributed by atoms with Crippen molar-refractivity contribution >= 4 is 46.3 Å². The van der Waals surface area contributed by atoms with E-state index in [1.165, 1.54) is 35.9 Å². The van der Waals surface area contributed by atoms with Crippen LogP contribution in [0, 0.1) is 0 Å². The second kappa shape index (κ2) is 10.3. The summed E-state index contributed by atoms with van der Waals surface area (Å²) in [6.45, 7) is 2.99. The maximum Gasteiger partial charge on any atom is 0.305 e. The highest BCUT2D eigenvalue weighted by molar-refractivity contribution is 8.26. The summed E-state index contributed by atoms with van der Waals surface area (Å²) in [5.41, 5.74) is 0.877. The van der Waals surface area contributed by atoms with E-state index < -0.39 is 5.97 Å². The molecular formula is C19H23NO4S2. The van der Waals surface area contributed by atoms with E-state index in [0.29, 0.717) is 15.8 Å². The first-order chi connectivity index (χ1) is 12.5. The standard InChI is InChI=1S/C19H23NO4S2/c1-2-3-4-5-12-24-15-8-6-14(7-9-15)13-16-18(23)20(19(25)26-16)11-10-17(21)22/h6-9,13H,2-5,10-12H2,1H3,(H,21,22). The fourth-order valence-electron chi connectivity index (χ4n) is 2.43. The lowest BCUT2D eigenvalue weighted by Gasteiger charge is -2.12. The van der Waals surface area contributed by atoms with Crippen molar-refractivity contribution < 1.29 is 19.4 Å². The minimum absolute atomic E-state index is 0.0994. The lowest BCUT2D eigenvalue weighted by Crippen LogP contribution is -2.30. The lowest BCUT2D eigenvalue weighted by atomic mass is 10.2. The number of aliphatic carboxylic acids is 1. The Kier molecular flexibility index (Phi) is 8.12. The van der Waals surface area contributed by atoms with Gasteiger partial charge in [-0.05, 0) is 30.2 Å². The molecule has 0 saturated carbocycles. The van der Waals surface area contributed by atoms with Crippen LogP contribution in [0.1, 0.15) is 44.6 Å². The second-order valence-electron chi connectivity index (χ2n) is 5.96. The molecule has 1 aliphatic rings. The van der Waals surface area contributed by atoms with Gasteiger partial charge >= 0.3 is 5.97 Å². The first-order valence-corrected chi connectivity index (χ1v) is 9.93. The van der Waals surface area contributed by atoms with Crippen LogP contribution in [-0.4, -0.2) is 39.4 Å². The molecule has 0 aromatic heterocycles. The average molecular weight is 394 g/mol. The van der Waals surface area contributed by atoms with Gasteiger partial charge in [0.2, 0.25) is 0 Å². The molecule has 140 valence electrons. The van der Waals surface area contributed by atoms with Gasteiger partial charge in [0.05, 0.1) is 17.9 Å². The Bertz CT molecular complexity index is 685. The fourth-order valence-corrected chi connectivity index (χ4v) is 3.74. The number of thiocarbonyl (C=S) groups is 1. The van der Waals surface area contributed by atoms with Crippen LogP contribution in [0.2, 0.25) is 0 Å².